The molecule has 1 fully saturated rings. The molecule has 0 N–H and O–H groups in total. The van der Waals surface area contributed by atoms with Crippen molar-refractivity contribution in [1.82, 2.24) is 19.7 Å². The first kappa shape index (κ1) is 14.5. The molecular weight excluding hydrogens is 356 g/mol. The second-order valence-corrected chi connectivity index (χ2v) is 6.37. The van der Waals surface area contributed by atoms with E-state index >= 15 is 0 Å². The van der Waals surface area contributed by atoms with Gasteiger partial charge in [-0.2, -0.15) is 0 Å². The van der Waals surface area contributed by atoms with Gasteiger partial charge in [0.05, 0.1) is 11.6 Å². The van der Waals surface area contributed by atoms with Crippen molar-refractivity contribution in [3.05, 3.63) is 45.4 Å². The van der Waals surface area contributed by atoms with Gasteiger partial charge in [-0.15, -0.1) is 10.2 Å². The molecule has 0 aliphatic carbocycles. The van der Waals surface area contributed by atoms with Gasteiger partial charge in [-0.3, -0.25) is 4.79 Å². The highest BCUT2D eigenvalue weighted by atomic mass is 79.9. The number of halogens is 2. The standard InChI is InChI=1S/C14H14BrClN4O/c1-19-8-17-18-13(19)12-3-2-6-20(12)14(21)10-5-4-9(16)7-11(10)15/h4-5,7-8,12H,2-3,6H2,1H3. The number of carbonyl (C=O) groups is 1. The third kappa shape index (κ3) is 2.70. The van der Waals surface area contributed by atoms with Gasteiger partial charge in [0.2, 0.25) is 0 Å². The number of benzene rings is 1. The first-order valence-electron chi connectivity index (χ1n) is 6.68. The van der Waals surface area contributed by atoms with Gasteiger partial charge in [-0.1, -0.05) is 11.6 Å². The largest absolute Gasteiger partial charge is 0.328 e. The number of rotatable bonds is 2. The summed E-state index contributed by atoms with van der Waals surface area (Å²) in [5, 5.41) is 8.66. The fraction of sp³-hybridized carbons (Fsp3) is 0.357. The van der Waals surface area contributed by atoms with E-state index < -0.39 is 0 Å². The van der Waals surface area contributed by atoms with Crippen LogP contribution < -0.4 is 0 Å². The first-order valence-corrected chi connectivity index (χ1v) is 7.85. The van der Waals surface area contributed by atoms with E-state index in [2.05, 4.69) is 26.1 Å². The van der Waals surface area contributed by atoms with E-state index in [1.807, 2.05) is 16.5 Å². The number of hydrogen-bond acceptors (Lipinski definition) is 3. The quantitative estimate of drug-likeness (QED) is 0.817. The highest BCUT2D eigenvalue weighted by Gasteiger charge is 2.33. The lowest BCUT2D eigenvalue weighted by Gasteiger charge is -2.24. The van der Waals surface area contributed by atoms with Crippen LogP contribution in [-0.4, -0.2) is 32.1 Å². The molecule has 3 rings (SSSR count). The number of hydrogen-bond donors (Lipinski definition) is 0. The van der Waals surface area contributed by atoms with Crippen LogP contribution in [0, 0.1) is 0 Å². The minimum Gasteiger partial charge on any atom is -0.328 e. The Kier molecular flexibility index (Phi) is 3.99. The predicted octanol–water partition coefficient (Wildman–Crippen LogP) is 3.21. The smallest absolute Gasteiger partial charge is 0.255 e. The summed E-state index contributed by atoms with van der Waals surface area (Å²) >= 11 is 9.35. The zero-order valence-electron chi connectivity index (χ0n) is 11.5. The van der Waals surface area contributed by atoms with E-state index in [1.54, 1.807) is 24.5 Å². The molecule has 0 bridgehead atoms. The Balaban J connectivity index is 1.92. The molecule has 110 valence electrons. The minimum atomic E-state index is -0.0208. The van der Waals surface area contributed by atoms with E-state index in [0.717, 1.165) is 25.2 Å². The van der Waals surface area contributed by atoms with Crippen LogP contribution in [-0.2, 0) is 7.05 Å². The maximum Gasteiger partial charge on any atom is 0.255 e. The van der Waals surface area contributed by atoms with Gasteiger partial charge in [0, 0.05) is 23.1 Å². The highest BCUT2D eigenvalue weighted by Crippen LogP contribution is 2.33. The van der Waals surface area contributed by atoms with Crippen molar-refractivity contribution in [2.75, 3.05) is 6.54 Å². The monoisotopic (exact) mass is 368 g/mol. The fourth-order valence-electron chi connectivity index (χ4n) is 2.69. The van der Waals surface area contributed by atoms with Gasteiger partial charge in [-0.25, -0.2) is 0 Å². The van der Waals surface area contributed by atoms with Crippen molar-refractivity contribution in [3.63, 3.8) is 0 Å². The average molecular weight is 370 g/mol. The van der Waals surface area contributed by atoms with Crippen LogP contribution in [0.5, 0.6) is 0 Å². The molecule has 2 heterocycles. The SMILES string of the molecule is Cn1cnnc1C1CCCN1C(=O)c1ccc(Cl)cc1Br. The van der Waals surface area contributed by atoms with Gasteiger partial charge >= 0.3 is 0 Å². The molecule has 1 aromatic heterocycles. The summed E-state index contributed by atoms with van der Waals surface area (Å²) in [4.78, 5) is 14.7. The maximum atomic E-state index is 12.8. The number of amides is 1. The molecule has 0 radical (unpaired) electrons. The maximum absolute atomic E-state index is 12.8. The Labute approximate surface area is 136 Å². The molecule has 2 aromatic rings. The van der Waals surface area contributed by atoms with Crippen molar-refractivity contribution < 1.29 is 4.79 Å². The lowest BCUT2D eigenvalue weighted by atomic mass is 10.1. The Morgan fingerprint density at radius 2 is 2.29 bits per heavy atom. The summed E-state index contributed by atoms with van der Waals surface area (Å²) in [5.74, 6) is 0.815. The summed E-state index contributed by atoms with van der Waals surface area (Å²) in [6, 6.07) is 5.20. The zero-order valence-corrected chi connectivity index (χ0v) is 13.8. The summed E-state index contributed by atoms with van der Waals surface area (Å²) in [7, 11) is 1.90. The summed E-state index contributed by atoms with van der Waals surface area (Å²) in [6.45, 7) is 0.728. The Morgan fingerprint density at radius 3 is 2.95 bits per heavy atom. The van der Waals surface area contributed by atoms with Crippen molar-refractivity contribution >= 4 is 33.4 Å². The molecule has 1 aromatic carbocycles. The first-order chi connectivity index (χ1) is 10.1. The molecule has 1 atom stereocenters. The lowest BCUT2D eigenvalue weighted by Crippen LogP contribution is -2.32. The van der Waals surface area contributed by atoms with Gasteiger partial charge in [0.25, 0.3) is 5.91 Å². The number of likely N-dealkylation sites (tertiary alicyclic amines) is 1. The fourth-order valence-corrected chi connectivity index (χ4v) is 3.54. The topological polar surface area (TPSA) is 51.0 Å². The van der Waals surface area contributed by atoms with Gasteiger partial charge in [0.15, 0.2) is 5.82 Å². The molecule has 1 aliphatic rings. The third-order valence-corrected chi connectivity index (χ3v) is 4.61. The molecule has 7 heteroatoms. The van der Waals surface area contributed by atoms with E-state index in [4.69, 9.17) is 11.6 Å². The molecule has 1 saturated heterocycles. The van der Waals surface area contributed by atoms with E-state index in [9.17, 15) is 4.79 Å². The molecule has 1 aliphatic heterocycles. The molecule has 1 amide bonds. The molecular formula is C14H14BrClN4O. The summed E-state index contributed by atoms with van der Waals surface area (Å²) in [6.07, 6.45) is 3.53. The minimum absolute atomic E-state index is 0.0101. The van der Waals surface area contributed by atoms with E-state index in [0.29, 0.717) is 15.1 Å². The predicted molar refractivity (Wildman–Crippen MR) is 83.2 cm³/mol. The number of aromatic nitrogens is 3. The van der Waals surface area contributed by atoms with Crippen LogP contribution in [0.1, 0.15) is 35.1 Å². The van der Waals surface area contributed by atoms with Crippen LogP contribution in [0.3, 0.4) is 0 Å². The van der Waals surface area contributed by atoms with Crippen molar-refractivity contribution in [1.29, 1.82) is 0 Å². The molecule has 21 heavy (non-hydrogen) atoms. The molecule has 0 saturated carbocycles. The summed E-state index contributed by atoms with van der Waals surface area (Å²) < 4.78 is 2.58. The van der Waals surface area contributed by atoms with E-state index in [-0.39, 0.29) is 11.9 Å². The highest BCUT2D eigenvalue weighted by molar-refractivity contribution is 9.10. The number of carbonyl (C=O) groups excluding carboxylic acids is 1. The number of aryl methyl sites for hydroxylation is 1. The Hall–Kier alpha value is -1.40. The third-order valence-electron chi connectivity index (χ3n) is 3.72. The lowest BCUT2D eigenvalue weighted by molar-refractivity contribution is 0.0727. The van der Waals surface area contributed by atoms with Crippen molar-refractivity contribution in [2.45, 2.75) is 18.9 Å². The Morgan fingerprint density at radius 1 is 1.48 bits per heavy atom. The van der Waals surface area contributed by atoms with Gasteiger partial charge in [0.1, 0.15) is 6.33 Å². The molecule has 0 spiro atoms. The normalized spacial score (nSPS) is 18.2. The Bertz CT molecular complexity index is 687. The average Bonchev–Trinajstić information content (AvgIpc) is 3.06. The zero-order chi connectivity index (χ0) is 15.0. The van der Waals surface area contributed by atoms with Crippen LogP contribution in [0.2, 0.25) is 5.02 Å². The second-order valence-electron chi connectivity index (χ2n) is 5.08. The van der Waals surface area contributed by atoms with Crippen molar-refractivity contribution in [2.24, 2.45) is 7.05 Å². The van der Waals surface area contributed by atoms with Crippen molar-refractivity contribution in [3.8, 4) is 0 Å². The van der Waals surface area contributed by atoms with Crippen LogP contribution in [0.15, 0.2) is 29.0 Å². The second kappa shape index (κ2) is 5.77. The molecule has 5 nitrogen and oxygen atoms in total. The molecule has 1 unspecified atom stereocenters. The van der Waals surface area contributed by atoms with Crippen LogP contribution in [0.25, 0.3) is 0 Å². The van der Waals surface area contributed by atoms with Crippen LogP contribution in [0.4, 0.5) is 0 Å². The van der Waals surface area contributed by atoms with Gasteiger partial charge in [-0.05, 0) is 47.0 Å². The summed E-state index contributed by atoms with van der Waals surface area (Å²) in [5.41, 5.74) is 0.619. The van der Waals surface area contributed by atoms with E-state index in [1.165, 1.54) is 0 Å². The van der Waals surface area contributed by atoms with Gasteiger partial charge < -0.3 is 9.47 Å². The number of nitrogens with zero attached hydrogens (tertiary/aromatic N) is 4. The van der Waals surface area contributed by atoms with Crippen LogP contribution >= 0.6 is 27.5 Å².